The molecule has 0 radical (unpaired) electrons. The number of carboxylic acids is 1. The van der Waals surface area contributed by atoms with Crippen molar-refractivity contribution in [2.24, 2.45) is 23.5 Å². The number of amides is 3. The molecule has 186 valence electrons. The number of hydrogen-bond acceptors (Lipinski definition) is 6. The van der Waals surface area contributed by atoms with E-state index in [-0.39, 0.29) is 24.2 Å². The zero-order valence-electron chi connectivity index (χ0n) is 20.3. The lowest BCUT2D eigenvalue weighted by Crippen LogP contribution is -2.59. The van der Waals surface area contributed by atoms with E-state index in [0.29, 0.717) is 12.8 Å². The molecular formula is C22H42N4O6. The highest BCUT2D eigenvalue weighted by molar-refractivity contribution is 5.94. The molecule has 0 saturated heterocycles. The third-order valence-corrected chi connectivity index (χ3v) is 5.24. The van der Waals surface area contributed by atoms with Crippen molar-refractivity contribution in [2.75, 3.05) is 0 Å². The molecular weight excluding hydrogens is 416 g/mol. The van der Waals surface area contributed by atoms with E-state index in [4.69, 9.17) is 5.73 Å². The Balaban J connectivity index is 5.54. The molecule has 3 amide bonds. The third-order valence-electron chi connectivity index (χ3n) is 5.24. The highest BCUT2D eigenvalue weighted by Crippen LogP contribution is 2.12. The zero-order valence-corrected chi connectivity index (χ0v) is 20.3. The summed E-state index contributed by atoms with van der Waals surface area (Å²) in [5.74, 6) is -3.09. The predicted octanol–water partition coefficient (Wildman–Crippen LogP) is 0.372. The average molecular weight is 459 g/mol. The van der Waals surface area contributed by atoms with Gasteiger partial charge in [0.05, 0.1) is 12.1 Å². The van der Waals surface area contributed by atoms with Crippen LogP contribution in [0.3, 0.4) is 0 Å². The lowest BCUT2D eigenvalue weighted by atomic mass is 9.95. The summed E-state index contributed by atoms with van der Waals surface area (Å²) in [6, 6.07) is -4.20. The average Bonchev–Trinajstić information content (AvgIpc) is 2.66. The van der Waals surface area contributed by atoms with Crippen molar-refractivity contribution in [3.63, 3.8) is 0 Å². The van der Waals surface area contributed by atoms with Crippen molar-refractivity contribution in [3.05, 3.63) is 0 Å². The first-order chi connectivity index (χ1) is 14.7. The van der Waals surface area contributed by atoms with Gasteiger partial charge in [-0.25, -0.2) is 4.79 Å². The van der Waals surface area contributed by atoms with E-state index in [0.717, 1.165) is 0 Å². The Morgan fingerprint density at radius 2 is 1.28 bits per heavy atom. The molecule has 0 bridgehead atoms. The predicted molar refractivity (Wildman–Crippen MR) is 121 cm³/mol. The Morgan fingerprint density at radius 3 is 1.69 bits per heavy atom. The molecule has 0 heterocycles. The zero-order chi connectivity index (χ0) is 25.2. The first-order valence-electron chi connectivity index (χ1n) is 11.3. The van der Waals surface area contributed by atoms with Crippen LogP contribution < -0.4 is 21.7 Å². The van der Waals surface area contributed by atoms with Crippen molar-refractivity contribution in [2.45, 2.75) is 98.0 Å². The molecule has 7 N–H and O–H groups in total. The lowest BCUT2D eigenvalue weighted by Gasteiger charge is -2.29. The van der Waals surface area contributed by atoms with Crippen LogP contribution in [0.25, 0.3) is 0 Å². The fraction of sp³-hybridized carbons (Fsp3) is 0.818. The molecule has 10 heteroatoms. The number of aliphatic carboxylic acids is 1. The summed E-state index contributed by atoms with van der Waals surface area (Å²) in [6.45, 7) is 12.5. The van der Waals surface area contributed by atoms with Crippen LogP contribution in [-0.4, -0.2) is 64.2 Å². The highest BCUT2D eigenvalue weighted by atomic mass is 16.4. The minimum Gasteiger partial charge on any atom is -0.480 e. The molecule has 0 aliphatic heterocycles. The third kappa shape index (κ3) is 10.4. The van der Waals surface area contributed by atoms with E-state index in [1.165, 1.54) is 6.92 Å². The summed E-state index contributed by atoms with van der Waals surface area (Å²) in [7, 11) is 0. The largest absolute Gasteiger partial charge is 0.480 e. The second-order valence-corrected chi connectivity index (χ2v) is 9.36. The van der Waals surface area contributed by atoms with Crippen LogP contribution in [-0.2, 0) is 19.2 Å². The van der Waals surface area contributed by atoms with Gasteiger partial charge in [-0.2, -0.15) is 0 Å². The van der Waals surface area contributed by atoms with Crippen LogP contribution in [0.4, 0.5) is 0 Å². The molecule has 0 aromatic rings. The van der Waals surface area contributed by atoms with Gasteiger partial charge in [-0.1, -0.05) is 48.0 Å². The highest BCUT2D eigenvalue weighted by Gasteiger charge is 2.33. The fourth-order valence-electron chi connectivity index (χ4n) is 3.18. The van der Waals surface area contributed by atoms with Crippen LogP contribution in [0.15, 0.2) is 0 Å². The van der Waals surface area contributed by atoms with E-state index in [1.54, 1.807) is 0 Å². The molecule has 0 aromatic heterocycles. The fourth-order valence-corrected chi connectivity index (χ4v) is 3.18. The molecule has 0 aliphatic carbocycles. The number of carboxylic acid groups (broad SMARTS) is 1. The first kappa shape index (κ1) is 29.8. The maximum Gasteiger partial charge on any atom is 0.328 e. The van der Waals surface area contributed by atoms with E-state index < -0.39 is 54.0 Å². The second kappa shape index (κ2) is 14.1. The number of aliphatic hydroxyl groups is 1. The van der Waals surface area contributed by atoms with Crippen LogP contribution in [0.5, 0.6) is 0 Å². The summed E-state index contributed by atoms with van der Waals surface area (Å²) in [5.41, 5.74) is 5.95. The topological polar surface area (TPSA) is 171 Å². The Labute approximate surface area is 191 Å². The van der Waals surface area contributed by atoms with Gasteiger partial charge in [0.25, 0.3) is 0 Å². The Kier molecular flexibility index (Phi) is 13.1. The molecule has 6 unspecified atom stereocenters. The van der Waals surface area contributed by atoms with Crippen molar-refractivity contribution >= 4 is 23.7 Å². The van der Waals surface area contributed by atoms with Gasteiger partial charge >= 0.3 is 5.97 Å². The van der Waals surface area contributed by atoms with Crippen molar-refractivity contribution in [1.29, 1.82) is 0 Å². The van der Waals surface area contributed by atoms with Crippen LogP contribution >= 0.6 is 0 Å². The number of rotatable bonds is 14. The number of hydrogen-bond donors (Lipinski definition) is 6. The van der Waals surface area contributed by atoms with Gasteiger partial charge in [-0.05, 0) is 37.5 Å². The molecule has 10 nitrogen and oxygen atoms in total. The molecule has 0 aromatic carbocycles. The van der Waals surface area contributed by atoms with Gasteiger partial charge in [0, 0.05) is 0 Å². The standard InChI is InChI=1S/C22H42N4O6/c1-8-13(6)17(25-19(28)15(23)9-11(2)3)21(30)24-16(10-12(4)5)20(29)26-18(14(7)27)22(31)32/h11-18,27H,8-10,23H2,1-7H3,(H,24,30)(H,25,28)(H,26,29)(H,31,32). The van der Waals surface area contributed by atoms with E-state index in [1.807, 2.05) is 41.5 Å². The van der Waals surface area contributed by atoms with Crippen molar-refractivity contribution < 1.29 is 29.4 Å². The molecule has 32 heavy (non-hydrogen) atoms. The van der Waals surface area contributed by atoms with Crippen molar-refractivity contribution in [1.82, 2.24) is 16.0 Å². The molecule has 0 rings (SSSR count). The Bertz CT molecular complexity index is 638. The van der Waals surface area contributed by atoms with Gasteiger partial charge in [0.2, 0.25) is 17.7 Å². The Morgan fingerprint density at radius 1 is 0.781 bits per heavy atom. The van der Waals surface area contributed by atoms with Gasteiger partial charge in [0.1, 0.15) is 12.1 Å². The molecule has 0 saturated carbocycles. The summed E-state index contributed by atoms with van der Waals surface area (Å²) >= 11 is 0. The summed E-state index contributed by atoms with van der Waals surface area (Å²) < 4.78 is 0. The number of carbonyl (C=O) groups excluding carboxylic acids is 3. The van der Waals surface area contributed by atoms with Gasteiger partial charge < -0.3 is 31.9 Å². The van der Waals surface area contributed by atoms with Crippen molar-refractivity contribution in [3.8, 4) is 0 Å². The summed E-state index contributed by atoms with van der Waals surface area (Å²) in [6.07, 6.45) is -0.00394. The maximum atomic E-state index is 13.1. The quantitative estimate of drug-likeness (QED) is 0.218. The van der Waals surface area contributed by atoms with Gasteiger partial charge in [-0.3, -0.25) is 14.4 Å². The first-order valence-corrected chi connectivity index (χ1v) is 11.3. The SMILES string of the molecule is CCC(C)C(NC(=O)C(N)CC(C)C)C(=O)NC(CC(C)C)C(=O)NC(C(=O)O)C(C)O. The normalized spacial score (nSPS) is 17.1. The number of aliphatic hydroxyl groups excluding tert-OH is 1. The van der Waals surface area contributed by atoms with Crippen LogP contribution in [0.1, 0.15) is 67.7 Å². The minimum atomic E-state index is -1.51. The smallest absolute Gasteiger partial charge is 0.328 e. The van der Waals surface area contributed by atoms with Gasteiger partial charge in [0.15, 0.2) is 6.04 Å². The molecule has 0 aliphatic rings. The molecule has 0 fully saturated rings. The minimum absolute atomic E-state index is 0.0111. The second-order valence-electron chi connectivity index (χ2n) is 9.36. The van der Waals surface area contributed by atoms with E-state index >= 15 is 0 Å². The number of carbonyl (C=O) groups is 4. The number of nitrogens with one attached hydrogen (secondary N) is 3. The van der Waals surface area contributed by atoms with Crippen LogP contribution in [0.2, 0.25) is 0 Å². The number of nitrogens with two attached hydrogens (primary N) is 1. The summed E-state index contributed by atoms with van der Waals surface area (Å²) in [4.78, 5) is 49.6. The van der Waals surface area contributed by atoms with Crippen LogP contribution in [0, 0.1) is 17.8 Å². The monoisotopic (exact) mass is 458 g/mol. The van der Waals surface area contributed by atoms with E-state index in [2.05, 4.69) is 16.0 Å². The lowest BCUT2D eigenvalue weighted by molar-refractivity contribution is -0.145. The molecule has 0 spiro atoms. The maximum absolute atomic E-state index is 13.1. The molecule has 6 atom stereocenters. The van der Waals surface area contributed by atoms with Gasteiger partial charge in [-0.15, -0.1) is 0 Å². The Hall–Kier alpha value is -2.20. The summed E-state index contributed by atoms with van der Waals surface area (Å²) in [5, 5.41) is 26.5. The van der Waals surface area contributed by atoms with E-state index in [9.17, 15) is 29.4 Å².